The number of carbonyl (C=O) groups excluding carboxylic acids is 1. The highest BCUT2D eigenvalue weighted by Gasteiger charge is 2.40. The minimum Gasteiger partial charge on any atom is -0.494 e. The summed E-state index contributed by atoms with van der Waals surface area (Å²) in [5.74, 6) is 1.89. The molecule has 6 nitrogen and oxygen atoms in total. The monoisotopic (exact) mass is 470 g/mol. The summed E-state index contributed by atoms with van der Waals surface area (Å²) in [6.07, 6.45) is 2.60. The molecule has 1 aliphatic heterocycles. The standard InChI is InChI=1S/C29H30N2O4/c1-4-35-21-9-7-8-19(14-21)29-28-24(30-22-10-5-6-11-23(22)31-29)15-20(16-25(28)32)18-12-13-26(33-2)27(17-18)34-3/h5-15,17,20,28-31H,4,16H2,1-3H3. The molecule has 0 saturated heterocycles. The zero-order valence-electron chi connectivity index (χ0n) is 20.2. The number of anilines is 2. The summed E-state index contributed by atoms with van der Waals surface area (Å²) in [5, 5.41) is 7.22. The maximum atomic E-state index is 13.8. The summed E-state index contributed by atoms with van der Waals surface area (Å²) in [4.78, 5) is 13.8. The van der Waals surface area contributed by atoms with E-state index in [1.54, 1.807) is 14.2 Å². The van der Waals surface area contributed by atoms with E-state index in [1.165, 1.54) is 0 Å². The first-order chi connectivity index (χ1) is 17.1. The van der Waals surface area contributed by atoms with Gasteiger partial charge in [-0.25, -0.2) is 0 Å². The van der Waals surface area contributed by atoms with Gasteiger partial charge in [-0.15, -0.1) is 0 Å². The van der Waals surface area contributed by atoms with E-state index in [0.29, 0.717) is 24.5 Å². The Labute approximate surface area is 205 Å². The lowest BCUT2D eigenvalue weighted by atomic mass is 9.76. The summed E-state index contributed by atoms with van der Waals surface area (Å²) < 4.78 is 16.6. The van der Waals surface area contributed by atoms with Gasteiger partial charge in [0.1, 0.15) is 11.5 Å². The second-order valence-corrected chi connectivity index (χ2v) is 8.79. The number of carbonyl (C=O) groups is 1. The number of benzene rings is 3. The molecule has 2 aliphatic rings. The molecule has 2 N–H and O–H groups in total. The third-order valence-electron chi connectivity index (χ3n) is 6.70. The molecule has 0 fully saturated rings. The Balaban J connectivity index is 1.58. The molecule has 3 aromatic rings. The van der Waals surface area contributed by atoms with Crippen molar-refractivity contribution in [2.24, 2.45) is 5.92 Å². The van der Waals surface area contributed by atoms with Crippen molar-refractivity contribution >= 4 is 17.2 Å². The second kappa shape index (κ2) is 9.74. The van der Waals surface area contributed by atoms with E-state index in [-0.39, 0.29) is 23.7 Å². The molecule has 1 aliphatic carbocycles. The third kappa shape index (κ3) is 4.44. The highest BCUT2D eigenvalue weighted by molar-refractivity contribution is 5.90. The molecule has 0 bridgehead atoms. The highest BCUT2D eigenvalue weighted by Crippen LogP contribution is 2.45. The van der Waals surface area contributed by atoms with Gasteiger partial charge >= 0.3 is 0 Å². The Hall–Kier alpha value is -3.93. The van der Waals surface area contributed by atoms with Gasteiger partial charge in [0.25, 0.3) is 0 Å². The van der Waals surface area contributed by atoms with Crippen LogP contribution < -0.4 is 24.8 Å². The first kappa shape index (κ1) is 22.8. The van der Waals surface area contributed by atoms with Gasteiger partial charge in [0.15, 0.2) is 11.5 Å². The molecule has 0 spiro atoms. The smallest absolute Gasteiger partial charge is 0.161 e. The number of rotatable bonds is 6. The average molecular weight is 471 g/mol. The van der Waals surface area contributed by atoms with Crippen LogP contribution in [0.5, 0.6) is 17.2 Å². The van der Waals surface area contributed by atoms with Crippen molar-refractivity contribution in [1.82, 2.24) is 0 Å². The van der Waals surface area contributed by atoms with Crippen LogP contribution in [-0.4, -0.2) is 26.6 Å². The number of allylic oxidation sites excluding steroid dienone is 1. The maximum absolute atomic E-state index is 13.8. The van der Waals surface area contributed by atoms with Gasteiger partial charge in [-0.2, -0.15) is 0 Å². The molecule has 3 aromatic carbocycles. The van der Waals surface area contributed by atoms with Gasteiger partial charge in [-0.05, 0) is 54.4 Å². The fraction of sp³-hybridized carbons (Fsp3) is 0.276. The minimum absolute atomic E-state index is 0.0678. The topological polar surface area (TPSA) is 68.8 Å². The van der Waals surface area contributed by atoms with Crippen LogP contribution in [0.25, 0.3) is 0 Å². The second-order valence-electron chi connectivity index (χ2n) is 8.79. The summed E-state index contributed by atoms with van der Waals surface area (Å²) in [6.45, 7) is 2.56. The van der Waals surface area contributed by atoms with Crippen molar-refractivity contribution in [2.45, 2.75) is 25.3 Å². The molecule has 6 heteroatoms. The predicted molar refractivity (Wildman–Crippen MR) is 138 cm³/mol. The van der Waals surface area contributed by atoms with Crippen LogP contribution in [0.15, 0.2) is 78.5 Å². The quantitative estimate of drug-likeness (QED) is 0.465. The molecule has 35 heavy (non-hydrogen) atoms. The van der Waals surface area contributed by atoms with Gasteiger partial charge < -0.3 is 24.8 Å². The van der Waals surface area contributed by atoms with E-state index >= 15 is 0 Å². The van der Waals surface area contributed by atoms with Gasteiger partial charge in [-0.1, -0.05) is 36.4 Å². The normalized spacial score (nSPS) is 20.8. The molecule has 5 rings (SSSR count). The molecule has 3 unspecified atom stereocenters. The Kier molecular flexibility index (Phi) is 6.36. The van der Waals surface area contributed by atoms with Crippen molar-refractivity contribution in [1.29, 1.82) is 0 Å². The Bertz CT molecular complexity index is 1270. The van der Waals surface area contributed by atoms with Crippen LogP contribution in [-0.2, 0) is 4.79 Å². The molecule has 1 heterocycles. The van der Waals surface area contributed by atoms with E-state index in [2.05, 4.69) is 22.8 Å². The van der Waals surface area contributed by atoms with E-state index in [9.17, 15) is 4.79 Å². The average Bonchev–Trinajstić information content (AvgIpc) is 3.05. The molecular formula is C29H30N2O4. The first-order valence-corrected chi connectivity index (χ1v) is 11.9. The van der Waals surface area contributed by atoms with Crippen molar-refractivity contribution < 1.29 is 19.0 Å². The number of para-hydroxylation sites is 2. The van der Waals surface area contributed by atoms with Crippen LogP contribution in [0.2, 0.25) is 0 Å². The maximum Gasteiger partial charge on any atom is 0.161 e. The minimum atomic E-state index is -0.351. The van der Waals surface area contributed by atoms with Gasteiger partial charge in [0.2, 0.25) is 0 Å². The first-order valence-electron chi connectivity index (χ1n) is 11.9. The zero-order valence-corrected chi connectivity index (χ0v) is 20.2. The summed E-state index contributed by atoms with van der Waals surface area (Å²) in [6, 6.07) is 21.7. The summed E-state index contributed by atoms with van der Waals surface area (Å²) in [5.41, 5.74) is 4.86. The Morgan fingerprint density at radius 3 is 2.46 bits per heavy atom. The van der Waals surface area contributed by atoms with Crippen LogP contribution in [0.4, 0.5) is 11.4 Å². The molecule has 3 atom stereocenters. The van der Waals surface area contributed by atoms with Crippen LogP contribution >= 0.6 is 0 Å². The molecule has 0 amide bonds. The molecular weight excluding hydrogens is 440 g/mol. The van der Waals surface area contributed by atoms with Crippen LogP contribution in [0.3, 0.4) is 0 Å². The largest absolute Gasteiger partial charge is 0.494 e. The predicted octanol–water partition coefficient (Wildman–Crippen LogP) is 5.94. The van der Waals surface area contributed by atoms with Crippen molar-refractivity contribution in [3.05, 3.63) is 89.6 Å². The lowest BCUT2D eigenvalue weighted by molar-refractivity contribution is -0.122. The molecule has 0 aromatic heterocycles. The number of fused-ring (bicyclic) bond motifs is 2. The number of ketones is 1. The van der Waals surface area contributed by atoms with E-state index in [1.807, 2.05) is 67.6 Å². The number of nitrogens with one attached hydrogen (secondary N) is 2. The fourth-order valence-electron chi connectivity index (χ4n) is 5.04. The summed E-state index contributed by atoms with van der Waals surface area (Å²) in [7, 11) is 3.24. The van der Waals surface area contributed by atoms with Crippen molar-refractivity contribution in [3.8, 4) is 17.2 Å². The SMILES string of the molecule is CCOc1cccc(C2Nc3ccccc3NC3=CC(c4ccc(OC)c(OC)c4)CC(=O)C32)c1. The summed E-state index contributed by atoms with van der Waals surface area (Å²) >= 11 is 0. The number of hydrogen-bond acceptors (Lipinski definition) is 6. The molecule has 0 radical (unpaired) electrons. The fourth-order valence-corrected chi connectivity index (χ4v) is 5.04. The Morgan fingerprint density at radius 2 is 1.69 bits per heavy atom. The van der Waals surface area contributed by atoms with Crippen molar-refractivity contribution in [2.75, 3.05) is 31.5 Å². The van der Waals surface area contributed by atoms with Crippen molar-refractivity contribution in [3.63, 3.8) is 0 Å². The third-order valence-corrected chi connectivity index (χ3v) is 6.70. The van der Waals surface area contributed by atoms with Crippen LogP contribution in [0, 0.1) is 5.92 Å². The van der Waals surface area contributed by atoms with Gasteiger partial charge in [-0.3, -0.25) is 4.79 Å². The lowest BCUT2D eigenvalue weighted by Crippen LogP contribution is -2.33. The zero-order chi connectivity index (χ0) is 24.4. The van der Waals surface area contributed by atoms with Gasteiger partial charge in [0.05, 0.1) is 44.2 Å². The number of hydrogen-bond donors (Lipinski definition) is 2. The van der Waals surface area contributed by atoms with Gasteiger partial charge in [0, 0.05) is 18.0 Å². The number of ether oxygens (including phenoxy) is 3. The van der Waals surface area contributed by atoms with Crippen LogP contribution in [0.1, 0.15) is 36.4 Å². The number of Topliss-reactive ketones (excluding diaryl/α,β-unsaturated/α-hetero) is 1. The van der Waals surface area contributed by atoms with E-state index < -0.39 is 0 Å². The lowest BCUT2D eigenvalue weighted by Gasteiger charge is -2.32. The number of methoxy groups -OCH3 is 2. The molecule has 180 valence electrons. The van der Waals surface area contributed by atoms with E-state index in [4.69, 9.17) is 14.2 Å². The molecule has 0 saturated carbocycles. The highest BCUT2D eigenvalue weighted by atomic mass is 16.5. The van der Waals surface area contributed by atoms with E-state index in [0.717, 1.165) is 33.9 Å². The Morgan fingerprint density at radius 1 is 0.886 bits per heavy atom.